The fourth-order valence-electron chi connectivity index (χ4n) is 2.16. The number of nitrogens with one attached hydrogen (secondary N) is 1. The molecule has 0 heterocycles. The summed E-state index contributed by atoms with van der Waals surface area (Å²) in [6.45, 7) is 4.86. The second-order valence-electron chi connectivity index (χ2n) is 5.36. The van der Waals surface area contributed by atoms with Crippen molar-refractivity contribution in [2.45, 2.75) is 26.7 Å². The molecule has 1 aromatic rings. The van der Waals surface area contributed by atoms with Gasteiger partial charge in [0.15, 0.2) is 0 Å². The Morgan fingerprint density at radius 1 is 1.50 bits per heavy atom. The van der Waals surface area contributed by atoms with E-state index in [0.717, 1.165) is 25.0 Å². The number of carbonyl (C=O) groups excluding carboxylic acids is 1. The number of rotatable bonds is 4. The second kappa shape index (κ2) is 4.59. The Morgan fingerprint density at radius 2 is 2.17 bits per heavy atom. The predicted octanol–water partition coefficient (Wildman–Crippen LogP) is 2.70. The van der Waals surface area contributed by atoms with Crippen LogP contribution in [-0.2, 0) is 0 Å². The van der Waals surface area contributed by atoms with Crippen LogP contribution in [0.5, 0.6) is 5.75 Å². The van der Waals surface area contributed by atoms with Gasteiger partial charge in [-0.2, -0.15) is 0 Å². The summed E-state index contributed by atoms with van der Waals surface area (Å²) < 4.78 is 13.0. The topological polar surface area (TPSA) is 49.3 Å². The van der Waals surface area contributed by atoms with Gasteiger partial charge in [0, 0.05) is 6.54 Å². The first-order valence-electron chi connectivity index (χ1n) is 6.21. The minimum absolute atomic E-state index is 0.00504. The Kier molecular flexibility index (Phi) is 3.28. The summed E-state index contributed by atoms with van der Waals surface area (Å²) in [5.74, 6) is -0.621. The van der Waals surface area contributed by atoms with Gasteiger partial charge in [-0.05, 0) is 42.4 Å². The molecule has 1 saturated carbocycles. The van der Waals surface area contributed by atoms with Crippen LogP contribution in [0.4, 0.5) is 4.39 Å². The van der Waals surface area contributed by atoms with Gasteiger partial charge in [0.25, 0.3) is 5.91 Å². The maximum absolute atomic E-state index is 13.0. The highest BCUT2D eigenvalue weighted by Crippen LogP contribution is 2.51. The zero-order valence-corrected chi connectivity index (χ0v) is 10.7. The molecule has 0 spiro atoms. The van der Waals surface area contributed by atoms with E-state index in [1.165, 1.54) is 6.07 Å². The van der Waals surface area contributed by atoms with Crippen molar-refractivity contribution in [2.75, 3.05) is 6.54 Å². The smallest absolute Gasteiger partial charge is 0.255 e. The standard InChI is InChI=1S/C14H18FNO2/c1-9(2)14(5-6-14)8-16-13(18)11-7-10(15)3-4-12(11)17/h3-4,7,9,17H,5-6,8H2,1-2H3,(H,16,18). The molecule has 1 aliphatic carbocycles. The van der Waals surface area contributed by atoms with Gasteiger partial charge in [-0.3, -0.25) is 4.79 Å². The fourth-order valence-corrected chi connectivity index (χ4v) is 2.16. The summed E-state index contributed by atoms with van der Waals surface area (Å²) in [7, 11) is 0. The van der Waals surface area contributed by atoms with E-state index in [0.29, 0.717) is 12.5 Å². The minimum Gasteiger partial charge on any atom is -0.507 e. The van der Waals surface area contributed by atoms with E-state index in [1.54, 1.807) is 0 Å². The molecule has 2 rings (SSSR count). The minimum atomic E-state index is -0.525. The van der Waals surface area contributed by atoms with E-state index in [-0.39, 0.29) is 16.7 Å². The molecule has 98 valence electrons. The molecule has 1 amide bonds. The summed E-state index contributed by atoms with van der Waals surface area (Å²) in [4.78, 5) is 11.9. The molecule has 2 N–H and O–H groups in total. The number of aromatic hydroxyl groups is 1. The Hall–Kier alpha value is -1.58. The molecule has 0 radical (unpaired) electrons. The average Bonchev–Trinajstić information content (AvgIpc) is 3.10. The number of benzene rings is 1. The maximum Gasteiger partial charge on any atom is 0.255 e. The third-order valence-electron chi connectivity index (χ3n) is 3.92. The van der Waals surface area contributed by atoms with Crippen molar-refractivity contribution < 1.29 is 14.3 Å². The van der Waals surface area contributed by atoms with Crippen molar-refractivity contribution >= 4 is 5.91 Å². The quantitative estimate of drug-likeness (QED) is 0.864. The highest BCUT2D eigenvalue weighted by atomic mass is 19.1. The SMILES string of the molecule is CC(C)C1(CNC(=O)c2cc(F)ccc2O)CC1. The van der Waals surface area contributed by atoms with Gasteiger partial charge in [0.05, 0.1) is 5.56 Å². The third-order valence-corrected chi connectivity index (χ3v) is 3.92. The molecular weight excluding hydrogens is 233 g/mol. The Balaban J connectivity index is 2.02. The lowest BCUT2D eigenvalue weighted by atomic mass is 9.92. The predicted molar refractivity (Wildman–Crippen MR) is 66.9 cm³/mol. The van der Waals surface area contributed by atoms with Crippen LogP contribution in [0.3, 0.4) is 0 Å². The van der Waals surface area contributed by atoms with Crippen LogP contribution in [0, 0.1) is 17.2 Å². The first-order valence-corrected chi connectivity index (χ1v) is 6.21. The van der Waals surface area contributed by atoms with Gasteiger partial charge in [0.1, 0.15) is 11.6 Å². The van der Waals surface area contributed by atoms with Crippen LogP contribution in [-0.4, -0.2) is 17.6 Å². The van der Waals surface area contributed by atoms with Gasteiger partial charge in [-0.25, -0.2) is 4.39 Å². The van der Waals surface area contributed by atoms with Gasteiger partial charge in [-0.1, -0.05) is 13.8 Å². The summed E-state index contributed by atoms with van der Waals surface area (Å²) in [6, 6.07) is 3.38. The van der Waals surface area contributed by atoms with Crippen LogP contribution < -0.4 is 5.32 Å². The molecule has 18 heavy (non-hydrogen) atoms. The van der Waals surface area contributed by atoms with Crippen molar-refractivity contribution in [3.8, 4) is 5.75 Å². The number of carbonyl (C=O) groups is 1. The summed E-state index contributed by atoms with van der Waals surface area (Å²) >= 11 is 0. The molecule has 1 aromatic carbocycles. The summed E-state index contributed by atoms with van der Waals surface area (Å²) in [5.41, 5.74) is 0.188. The highest BCUT2D eigenvalue weighted by molar-refractivity contribution is 5.96. The number of amides is 1. The van der Waals surface area contributed by atoms with E-state index in [9.17, 15) is 14.3 Å². The van der Waals surface area contributed by atoms with E-state index in [4.69, 9.17) is 0 Å². The Bertz CT molecular complexity index is 467. The lowest BCUT2D eigenvalue weighted by Crippen LogP contribution is -2.32. The van der Waals surface area contributed by atoms with Gasteiger partial charge in [-0.15, -0.1) is 0 Å². The molecule has 0 aliphatic heterocycles. The molecule has 1 fully saturated rings. The van der Waals surface area contributed by atoms with Crippen LogP contribution >= 0.6 is 0 Å². The molecule has 0 bridgehead atoms. The molecule has 3 nitrogen and oxygen atoms in total. The molecular formula is C14H18FNO2. The first-order chi connectivity index (χ1) is 8.44. The molecule has 0 aromatic heterocycles. The van der Waals surface area contributed by atoms with Crippen molar-refractivity contribution in [3.05, 3.63) is 29.6 Å². The summed E-state index contributed by atoms with van der Waals surface area (Å²) in [6.07, 6.45) is 2.22. The summed E-state index contributed by atoms with van der Waals surface area (Å²) in [5, 5.41) is 12.3. The van der Waals surface area contributed by atoms with E-state index in [2.05, 4.69) is 19.2 Å². The van der Waals surface area contributed by atoms with Crippen molar-refractivity contribution in [2.24, 2.45) is 11.3 Å². The number of phenolic OH excluding ortho intramolecular Hbond substituents is 1. The van der Waals surface area contributed by atoms with Crippen molar-refractivity contribution in [1.82, 2.24) is 5.32 Å². The van der Waals surface area contributed by atoms with E-state index >= 15 is 0 Å². The number of hydrogen-bond donors (Lipinski definition) is 2. The lowest BCUT2D eigenvalue weighted by molar-refractivity contribution is 0.0936. The van der Waals surface area contributed by atoms with Crippen LogP contribution in [0.2, 0.25) is 0 Å². The Morgan fingerprint density at radius 3 is 2.72 bits per heavy atom. The second-order valence-corrected chi connectivity index (χ2v) is 5.36. The zero-order valence-electron chi connectivity index (χ0n) is 10.7. The van der Waals surface area contributed by atoms with E-state index in [1.807, 2.05) is 0 Å². The highest BCUT2D eigenvalue weighted by Gasteiger charge is 2.45. The van der Waals surface area contributed by atoms with Gasteiger partial charge < -0.3 is 10.4 Å². The van der Waals surface area contributed by atoms with Crippen molar-refractivity contribution in [3.63, 3.8) is 0 Å². The molecule has 4 heteroatoms. The zero-order chi connectivity index (χ0) is 13.3. The maximum atomic E-state index is 13.0. The molecule has 1 aliphatic rings. The van der Waals surface area contributed by atoms with Crippen LogP contribution in [0.25, 0.3) is 0 Å². The van der Waals surface area contributed by atoms with Crippen molar-refractivity contribution in [1.29, 1.82) is 0 Å². The van der Waals surface area contributed by atoms with E-state index < -0.39 is 11.7 Å². The number of halogens is 1. The Labute approximate surface area is 106 Å². The molecule has 0 saturated heterocycles. The van der Waals surface area contributed by atoms with Crippen LogP contribution in [0.15, 0.2) is 18.2 Å². The number of phenols is 1. The normalized spacial score (nSPS) is 16.7. The molecule has 0 unspecified atom stereocenters. The average molecular weight is 251 g/mol. The van der Waals surface area contributed by atoms with Crippen LogP contribution in [0.1, 0.15) is 37.0 Å². The molecule has 0 atom stereocenters. The first kappa shape index (κ1) is 12.9. The largest absolute Gasteiger partial charge is 0.507 e. The fraction of sp³-hybridized carbons (Fsp3) is 0.500. The number of hydrogen-bond acceptors (Lipinski definition) is 2. The monoisotopic (exact) mass is 251 g/mol. The third kappa shape index (κ3) is 2.47. The van der Waals surface area contributed by atoms with Gasteiger partial charge in [0.2, 0.25) is 0 Å². The van der Waals surface area contributed by atoms with Gasteiger partial charge >= 0.3 is 0 Å². The lowest BCUT2D eigenvalue weighted by Gasteiger charge is -2.20.